The second-order valence-corrected chi connectivity index (χ2v) is 6.87. The van der Waals surface area contributed by atoms with Crippen LogP contribution in [-0.2, 0) is 4.79 Å². The van der Waals surface area contributed by atoms with Gasteiger partial charge in [0.1, 0.15) is 5.82 Å². The van der Waals surface area contributed by atoms with Gasteiger partial charge in [-0.15, -0.1) is 5.10 Å². The summed E-state index contributed by atoms with van der Waals surface area (Å²) in [5.74, 6) is 0.763. The lowest BCUT2D eigenvalue weighted by atomic mass is 10.1. The Morgan fingerprint density at radius 2 is 2.15 bits per heavy atom. The molecule has 1 N–H and O–H groups in total. The van der Waals surface area contributed by atoms with Crippen LogP contribution in [0.5, 0.6) is 0 Å². The van der Waals surface area contributed by atoms with E-state index in [0.717, 1.165) is 39.4 Å². The van der Waals surface area contributed by atoms with Gasteiger partial charge in [0.05, 0.1) is 11.9 Å². The molecule has 4 aromatic rings. The lowest BCUT2D eigenvalue weighted by molar-refractivity contribution is -0.114. The predicted molar refractivity (Wildman–Crippen MR) is 108 cm³/mol. The van der Waals surface area contributed by atoms with E-state index in [1.165, 1.54) is 18.3 Å². The molecule has 0 unspecified atom stereocenters. The standard InChI is InChI=1S/C19H18N6OS/c1-3-24(17-9-4-5-10-20-17)19-23-25-12-16(22-18(25)27-19)14-7-6-8-15(11-14)21-13(2)26/h4-12H,3H2,1-2H3,(H,21,26). The molecule has 0 aliphatic rings. The van der Waals surface area contributed by atoms with Gasteiger partial charge >= 0.3 is 0 Å². The first-order valence-electron chi connectivity index (χ1n) is 8.57. The topological polar surface area (TPSA) is 75.4 Å². The Morgan fingerprint density at radius 3 is 2.85 bits per heavy atom. The first kappa shape index (κ1) is 17.2. The number of benzene rings is 1. The summed E-state index contributed by atoms with van der Waals surface area (Å²) >= 11 is 1.51. The highest BCUT2D eigenvalue weighted by atomic mass is 32.1. The van der Waals surface area contributed by atoms with E-state index < -0.39 is 0 Å². The Bertz CT molecular complexity index is 1060. The zero-order valence-electron chi connectivity index (χ0n) is 15.0. The monoisotopic (exact) mass is 378 g/mol. The van der Waals surface area contributed by atoms with Gasteiger partial charge in [0.2, 0.25) is 16.0 Å². The average molecular weight is 378 g/mol. The highest BCUT2D eigenvalue weighted by Crippen LogP contribution is 2.30. The molecular weight excluding hydrogens is 360 g/mol. The van der Waals surface area contributed by atoms with E-state index in [0.29, 0.717) is 0 Å². The summed E-state index contributed by atoms with van der Waals surface area (Å²) in [7, 11) is 0. The smallest absolute Gasteiger partial charge is 0.221 e. The second kappa shape index (κ2) is 7.16. The van der Waals surface area contributed by atoms with E-state index in [2.05, 4.69) is 27.2 Å². The van der Waals surface area contributed by atoms with E-state index in [9.17, 15) is 4.79 Å². The van der Waals surface area contributed by atoms with Crippen LogP contribution in [0.25, 0.3) is 16.2 Å². The molecule has 1 aromatic carbocycles. The van der Waals surface area contributed by atoms with Gasteiger partial charge in [-0.2, -0.15) is 0 Å². The number of hydrogen-bond donors (Lipinski definition) is 1. The van der Waals surface area contributed by atoms with Gasteiger partial charge in [0.25, 0.3) is 0 Å². The molecule has 27 heavy (non-hydrogen) atoms. The molecule has 0 spiro atoms. The maximum atomic E-state index is 11.3. The maximum absolute atomic E-state index is 11.3. The average Bonchev–Trinajstić information content (AvgIpc) is 3.22. The summed E-state index contributed by atoms with van der Waals surface area (Å²) in [6, 6.07) is 13.4. The number of rotatable bonds is 5. The van der Waals surface area contributed by atoms with E-state index in [-0.39, 0.29) is 5.91 Å². The van der Waals surface area contributed by atoms with Gasteiger partial charge in [-0.25, -0.2) is 14.5 Å². The molecule has 8 heteroatoms. The van der Waals surface area contributed by atoms with Crippen molar-refractivity contribution in [1.82, 2.24) is 19.6 Å². The maximum Gasteiger partial charge on any atom is 0.221 e. The number of pyridine rings is 1. The number of carbonyl (C=O) groups excluding carboxylic acids is 1. The van der Waals surface area contributed by atoms with Gasteiger partial charge < -0.3 is 10.2 Å². The lowest BCUT2D eigenvalue weighted by Crippen LogP contribution is -2.17. The van der Waals surface area contributed by atoms with Crippen molar-refractivity contribution in [3.8, 4) is 11.3 Å². The first-order valence-corrected chi connectivity index (χ1v) is 9.38. The Morgan fingerprint density at radius 1 is 1.26 bits per heavy atom. The minimum atomic E-state index is -0.0986. The Balaban J connectivity index is 1.65. The number of imidazole rings is 1. The largest absolute Gasteiger partial charge is 0.326 e. The molecular formula is C19H18N6OS. The van der Waals surface area contributed by atoms with Crippen molar-refractivity contribution < 1.29 is 4.79 Å². The zero-order chi connectivity index (χ0) is 18.8. The van der Waals surface area contributed by atoms with Crippen molar-refractivity contribution in [2.75, 3.05) is 16.8 Å². The molecule has 0 bridgehead atoms. The number of nitrogens with zero attached hydrogens (tertiary/aromatic N) is 5. The summed E-state index contributed by atoms with van der Waals surface area (Å²) < 4.78 is 1.78. The fourth-order valence-electron chi connectivity index (χ4n) is 2.81. The summed E-state index contributed by atoms with van der Waals surface area (Å²) in [5.41, 5.74) is 2.49. The second-order valence-electron chi connectivity index (χ2n) is 5.93. The predicted octanol–water partition coefficient (Wildman–Crippen LogP) is 3.97. The zero-order valence-corrected chi connectivity index (χ0v) is 15.8. The Hall–Kier alpha value is -3.26. The minimum absolute atomic E-state index is 0.0986. The quantitative estimate of drug-likeness (QED) is 0.569. The van der Waals surface area contributed by atoms with Crippen molar-refractivity contribution in [3.63, 3.8) is 0 Å². The number of carbonyl (C=O) groups is 1. The molecule has 0 aliphatic carbocycles. The molecule has 3 heterocycles. The fourth-order valence-corrected chi connectivity index (χ4v) is 3.76. The van der Waals surface area contributed by atoms with E-state index in [4.69, 9.17) is 4.98 Å². The van der Waals surface area contributed by atoms with Crippen LogP contribution in [-0.4, -0.2) is 32.0 Å². The highest BCUT2D eigenvalue weighted by Gasteiger charge is 2.16. The third-order valence-electron chi connectivity index (χ3n) is 3.98. The number of anilines is 3. The van der Waals surface area contributed by atoms with Gasteiger partial charge in [0.15, 0.2) is 0 Å². The normalized spacial score (nSPS) is 10.9. The fraction of sp³-hybridized carbons (Fsp3) is 0.158. The lowest BCUT2D eigenvalue weighted by Gasteiger charge is -2.17. The van der Waals surface area contributed by atoms with Crippen molar-refractivity contribution in [3.05, 3.63) is 54.9 Å². The molecule has 0 atom stereocenters. The van der Waals surface area contributed by atoms with Crippen molar-refractivity contribution >= 4 is 38.8 Å². The van der Waals surface area contributed by atoms with Crippen LogP contribution in [0.4, 0.5) is 16.6 Å². The minimum Gasteiger partial charge on any atom is -0.326 e. The van der Waals surface area contributed by atoms with Crippen LogP contribution in [0.3, 0.4) is 0 Å². The van der Waals surface area contributed by atoms with Crippen molar-refractivity contribution in [1.29, 1.82) is 0 Å². The van der Waals surface area contributed by atoms with Gasteiger partial charge in [-0.3, -0.25) is 4.79 Å². The van der Waals surface area contributed by atoms with E-state index in [1.807, 2.05) is 48.7 Å². The third-order valence-corrected chi connectivity index (χ3v) is 4.93. The summed E-state index contributed by atoms with van der Waals surface area (Å²) in [6.07, 6.45) is 3.67. The Labute approximate surface area is 160 Å². The molecule has 0 saturated carbocycles. The molecule has 0 fully saturated rings. The summed E-state index contributed by atoms with van der Waals surface area (Å²) in [6.45, 7) is 4.32. The number of amides is 1. The van der Waals surface area contributed by atoms with Crippen LogP contribution in [0.1, 0.15) is 13.8 Å². The van der Waals surface area contributed by atoms with Gasteiger partial charge in [-0.05, 0) is 31.2 Å². The molecule has 136 valence electrons. The number of fused-ring (bicyclic) bond motifs is 1. The summed E-state index contributed by atoms with van der Waals surface area (Å²) in [4.78, 5) is 23.2. The highest BCUT2D eigenvalue weighted by molar-refractivity contribution is 7.20. The van der Waals surface area contributed by atoms with Crippen LogP contribution in [0.2, 0.25) is 0 Å². The van der Waals surface area contributed by atoms with Crippen molar-refractivity contribution in [2.24, 2.45) is 0 Å². The van der Waals surface area contributed by atoms with Gasteiger partial charge in [-0.1, -0.05) is 29.5 Å². The molecule has 4 rings (SSSR count). The van der Waals surface area contributed by atoms with Crippen LogP contribution >= 0.6 is 11.3 Å². The third kappa shape index (κ3) is 3.52. The summed E-state index contributed by atoms with van der Waals surface area (Å²) in [5, 5.41) is 8.30. The number of nitrogens with one attached hydrogen (secondary N) is 1. The first-order chi connectivity index (χ1) is 13.1. The molecule has 1 amide bonds. The molecule has 0 aliphatic heterocycles. The van der Waals surface area contributed by atoms with Crippen LogP contribution in [0, 0.1) is 0 Å². The van der Waals surface area contributed by atoms with Crippen molar-refractivity contribution in [2.45, 2.75) is 13.8 Å². The molecule has 0 saturated heterocycles. The van der Waals surface area contributed by atoms with E-state index in [1.54, 1.807) is 10.7 Å². The number of aromatic nitrogens is 4. The van der Waals surface area contributed by atoms with Crippen LogP contribution < -0.4 is 10.2 Å². The van der Waals surface area contributed by atoms with Gasteiger partial charge in [0, 0.05) is 30.9 Å². The molecule has 7 nitrogen and oxygen atoms in total. The van der Waals surface area contributed by atoms with Crippen LogP contribution in [0.15, 0.2) is 54.9 Å². The molecule has 3 aromatic heterocycles. The Kier molecular flexibility index (Phi) is 4.55. The number of hydrogen-bond acceptors (Lipinski definition) is 6. The molecule has 0 radical (unpaired) electrons. The SMILES string of the molecule is CCN(c1ccccn1)c1nn2cc(-c3cccc(NC(C)=O)c3)nc2s1. The van der Waals surface area contributed by atoms with E-state index >= 15 is 0 Å².